The first-order valence-electron chi connectivity index (χ1n) is 33.3. The van der Waals surface area contributed by atoms with Crippen molar-refractivity contribution in [2.75, 3.05) is 38.4 Å². The summed E-state index contributed by atoms with van der Waals surface area (Å²) in [5.41, 5.74) is 11.5. The second-order valence-corrected chi connectivity index (χ2v) is 21.6. The Morgan fingerprint density at radius 2 is 1.31 bits per heavy atom. The maximum Gasteiger partial charge on any atom is 0.242 e. The Bertz CT molecular complexity index is 2180. The number of methoxy groups -OCH3 is 1. The minimum atomic E-state index is -0.431. The number of hydrogen-bond donors (Lipinski definition) is 4. The van der Waals surface area contributed by atoms with Gasteiger partial charge in [-0.2, -0.15) is 5.26 Å². The van der Waals surface area contributed by atoms with Gasteiger partial charge in [-0.15, -0.1) is 0 Å². The average molecular weight is 1180 g/mol. The Hall–Kier alpha value is -5.53. The number of ether oxygens (including phenoxy) is 1. The van der Waals surface area contributed by atoms with Gasteiger partial charge in [-0.05, 0) is 123 Å². The van der Waals surface area contributed by atoms with E-state index in [1.807, 2.05) is 72.9 Å². The molecule has 2 aromatic rings. The first-order chi connectivity index (χ1) is 40.8. The highest BCUT2D eigenvalue weighted by Gasteiger charge is 2.21. The molecule has 0 saturated carbocycles. The van der Waals surface area contributed by atoms with Crippen LogP contribution in [0, 0.1) is 29.1 Å². The minimum Gasteiger partial charge on any atom is -0.381 e. The fraction of sp³-hybridized carbons (Fsp3) is 0.640. The van der Waals surface area contributed by atoms with Crippen LogP contribution in [0.15, 0.2) is 100 Å². The molecule has 3 unspecified atom stereocenters. The number of amides is 1. The highest BCUT2D eigenvalue weighted by Crippen LogP contribution is 2.35. The van der Waals surface area contributed by atoms with Crippen molar-refractivity contribution in [1.82, 2.24) is 10.6 Å². The van der Waals surface area contributed by atoms with Crippen LogP contribution in [0.5, 0.6) is 0 Å². The second-order valence-electron chi connectivity index (χ2n) is 21.6. The van der Waals surface area contributed by atoms with E-state index in [2.05, 4.69) is 165 Å². The van der Waals surface area contributed by atoms with Gasteiger partial charge in [0.1, 0.15) is 18.5 Å². The van der Waals surface area contributed by atoms with E-state index in [1.54, 1.807) is 34.2 Å². The monoisotopic (exact) mass is 1180 g/mol. The van der Waals surface area contributed by atoms with E-state index in [1.165, 1.54) is 94.6 Å². The van der Waals surface area contributed by atoms with Gasteiger partial charge in [0.2, 0.25) is 5.91 Å². The van der Waals surface area contributed by atoms with Gasteiger partial charge in [0.25, 0.3) is 0 Å². The zero-order chi connectivity index (χ0) is 66.1. The SMILES string of the molecule is C=C(/C=C(\C)C(C)C)/C(=C\C=NC)c1ccc2c(c1)NC(COC)N2.CC.CC.CC.CCCC.CCCC.CCCC(CC)CCC.CCCC(CCC(C)C)c1ccc(C(C)=O)cc1.CNC(=O)C(CCC=O)NC1=CC(C#N)=C(C)CC1. The van der Waals surface area contributed by atoms with E-state index < -0.39 is 6.04 Å². The summed E-state index contributed by atoms with van der Waals surface area (Å²) in [7, 11) is 5.05. The number of nitrogens with one attached hydrogen (secondary N) is 4. The average Bonchev–Trinajstić information content (AvgIpc) is 4.21. The molecule has 1 heterocycles. The summed E-state index contributed by atoms with van der Waals surface area (Å²) in [6, 6.07) is 16.3. The number of hydrogen-bond acceptors (Lipinski definition) is 9. The van der Waals surface area contributed by atoms with Gasteiger partial charge in [0.15, 0.2) is 5.78 Å². The van der Waals surface area contributed by atoms with Gasteiger partial charge in [-0.3, -0.25) is 14.6 Å². The molecule has 486 valence electrons. The molecule has 10 heteroatoms. The number of ketones is 1. The molecule has 0 radical (unpaired) electrons. The van der Waals surface area contributed by atoms with E-state index in [9.17, 15) is 14.4 Å². The van der Waals surface area contributed by atoms with Crippen LogP contribution < -0.4 is 21.3 Å². The van der Waals surface area contributed by atoms with Crippen LogP contribution in [0.2, 0.25) is 0 Å². The first-order valence-corrected chi connectivity index (χ1v) is 33.3. The number of anilines is 2. The number of nitrogens with zero attached hydrogens (tertiary/aromatic N) is 2. The predicted molar refractivity (Wildman–Crippen MR) is 378 cm³/mol. The van der Waals surface area contributed by atoms with Crippen molar-refractivity contribution < 1.29 is 19.1 Å². The smallest absolute Gasteiger partial charge is 0.242 e. The summed E-state index contributed by atoms with van der Waals surface area (Å²) in [5, 5.41) is 21.6. The molecule has 2 aromatic carbocycles. The van der Waals surface area contributed by atoms with Crippen LogP contribution in [0.4, 0.5) is 11.4 Å². The topological polar surface area (TPSA) is 145 Å². The van der Waals surface area contributed by atoms with Gasteiger partial charge >= 0.3 is 0 Å². The van der Waals surface area contributed by atoms with Crippen LogP contribution in [0.1, 0.15) is 282 Å². The van der Waals surface area contributed by atoms with Crippen LogP contribution >= 0.6 is 0 Å². The summed E-state index contributed by atoms with van der Waals surface area (Å²) in [5.74, 6) is 2.93. The molecule has 0 fully saturated rings. The maximum atomic E-state index is 11.7. The van der Waals surface area contributed by atoms with Gasteiger partial charge in [-0.1, -0.05) is 249 Å². The summed E-state index contributed by atoms with van der Waals surface area (Å²) >= 11 is 0. The molecule has 4 rings (SSSR count). The van der Waals surface area contributed by atoms with Crippen LogP contribution in [-0.4, -0.2) is 64.2 Å². The number of aldehydes is 1. The Morgan fingerprint density at radius 3 is 1.74 bits per heavy atom. The van der Waals surface area contributed by atoms with Gasteiger partial charge in [-0.25, -0.2) is 0 Å². The highest BCUT2D eigenvalue weighted by molar-refractivity contribution is 5.95. The van der Waals surface area contributed by atoms with Crippen molar-refractivity contribution in [3.05, 3.63) is 112 Å². The quantitative estimate of drug-likeness (QED) is 0.0300. The molecule has 0 spiro atoms. The zero-order valence-corrected chi connectivity index (χ0v) is 59.4. The summed E-state index contributed by atoms with van der Waals surface area (Å²) in [6.07, 6.45) is 28.3. The molecule has 0 saturated heterocycles. The zero-order valence-electron chi connectivity index (χ0n) is 59.4. The molecule has 3 atom stereocenters. The Kier molecular flexibility index (Phi) is 62.5. The molecule has 2 aliphatic rings. The van der Waals surface area contributed by atoms with E-state index in [-0.39, 0.29) is 17.9 Å². The van der Waals surface area contributed by atoms with Crippen molar-refractivity contribution in [3.63, 3.8) is 0 Å². The van der Waals surface area contributed by atoms with Gasteiger partial charge in [0.05, 0.1) is 29.6 Å². The summed E-state index contributed by atoms with van der Waals surface area (Å²) in [4.78, 5) is 37.5. The lowest BCUT2D eigenvalue weighted by molar-refractivity contribution is -0.122. The summed E-state index contributed by atoms with van der Waals surface area (Å²) < 4.78 is 5.22. The predicted octanol–water partition coefficient (Wildman–Crippen LogP) is 21.4. The fourth-order valence-corrected chi connectivity index (χ4v) is 8.36. The normalized spacial score (nSPS) is 13.5. The molecule has 1 amide bonds. The molecular formula is C75H132N6O4. The van der Waals surface area contributed by atoms with Crippen molar-refractivity contribution >= 4 is 41.1 Å². The number of fused-ring (bicyclic) bond motifs is 1. The minimum absolute atomic E-state index is 0.103. The van der Waals surface area contributed by atoms with Crippen molar-refractivity contribution in [3.8, 4) is 6.07 Å². The number of carbonyl (C=O) groups excluding carboxylic acids is 3. The third-order valence-corrected chi connectivity index (χ3v) is 14.0. The number of allylic oxidation sites excluding steroid dienone is 9. The van der Waals surface area contributed by atoms with E-state index in [4.69, 9.17) is 10.00 Å². The number of carbonyl (C=O) groups is 3. The third-order valence-electron chi connectivity index (χ3n) is 14.0. The number of rotatable bonds is 27. The standard InChI is InChI=1S/C21H29N3O.C17H26O.C14H19N3O2.C9H20.2C4H10.3C2H6/c1-14(2)15(3)11-16(4)18(9-10-22-5)17-7-8-19-20(12-17)24-21(23-19)13-25-6;1-5-6-16(8-7-13(2)3)17-11-9-15(10-12-17)14(4)18;1-10-5-6-12(8-11(10)9-15)17-13(4-3-7-18)14(19)16-2;1-4-7-9(6-3)8-5-2;2*1-3-4-2;3*1-2/h7-12,14,21,23-24H,4,13H2,1-3,5-6H3;9-13,16H,5-8H2,1-4H3;7-8,13,17H,3-6H2,1-2H3,(H,16,19);9H,4-8H2,1-3H3;2*3-4H2,1-2H3;3*1-2H3/b15-11+,18-9+,22-10?;;;;;;;;. The van der Waals surface area contributed by atoms with Crippen LogP contribution in [-0.2, 0) is 14.3 Å². The van der Waals surface area contributed by atoms with E-state index in [0.29, 0.717) is 36.9 Å². The van der Waals surface area contributed by atoms with Crippen molar-refractivity contribution in [1.29, 1.82) is 5.26 Å². The van der Waals surface area contributed by atoms with Gasteiger partial charge < -0.3 is 30.8 Å². The molecule has 0 aromatic heterocycles. The molecular weight excluding hydrogens is 1050 g/mol. The number of likely N-dealkylation sites (N-methyl/N-ethyl adjacent to an activating group) is 1. The second kappa shape index (κ2) is 60.2. The van der Waals surface area contributed by atoms with Crippen molar-refractivity contribution in [2.45, 2.75) is 273 Å². The maximum absolute atomic E-state index is 11.7. The number of nitriles is 1. The molecule has 1 aliphatic heterocycles. The Labute approximate surface area is 525 Å². The fourth-order valence-electron chi connectivity index (χ4n) is 8.36. The lowest BCUT2D eigenvalue weighted by atomic mass is 9.87. The molecule has 4 N–H and O–H groups in total. The number of Topliss-reactive ketones (excluding diaryl/α,β-unsaturated/α-hetero) is 1. The molecule has 1 aliphatic carbocycles. The van der Waals surface area contributed by atoms with Crippen LogP contribution in [0.25, 0.3) is 5.57 Å². The summed E-state index contributed by atoms with van der Waals surface area (Å²) in [6.45, 7) is 49.4. The molecule has 0 bridgehead atoms. The molecule has 10 nitrogen and oxygen atoms in total. The Balaban J connectivity index is -0.000000321. The highest BCUT2D eigenvalue weighted by atomic mass is 16.5. The van der Waals surface area contributed by atoms with Crippen molar-refractivity contribution in [2.24, 2.45) is 22.7 Å². The number of aliphatic imine (C=N–C) groups is 1. The van der Waals surface area contributed by atoms with E-state index in [0.717, 1.165) is 75.9 Å². The lowest BCUT2D eigenvalue weighted by Crippen LogP contribution is -2.42. The third kappa shape index (κ3) is 42.9. The first kappa shape index (κ1) is 88.2. The van der Waals surface area contributed by atoms with Crippen LogP contribution in [0.3, 0.4) is 0 Å². The molecule has 85 heavy (non-hydrogen) atoms. The largest absolute Gasteiger partial charge is 0.381 e. The van der Waals surface area contributed by atoms with E-state index >= 15 is 0 Å². The lowest BCUT2D eigenvalue weighted by Gasteiger charge is -2.22. The Morgan fingerprint density at radius 1 is 0.765 bits per heavy atom. The number of unbranched alkanes of at least 4 members (excludes halogenated alkanes) is 2. The van der Waals surface area contributed by atoms with Gasteiger partial charge in [0, 0.05) is 45.1 Å². The number of benzene rings is 2.